The minimum absolute atomic E-state index is 0.180. The van der Waals surface area contributed by atoms with Crippen molar-refractivity contribution in [3.63, 3.8) is 0 Å². The number of nitrogens with zero attached hydrogens (tertiary/aromatic N) is 3. The second-order valence-electron chi connectivity index (χ2n) is 9.11. The summed E-state index contributed by atoms with van der Waals surface area (Å²) in [5, 5.41) is 13.4. The Labute approximate surface area is 206 Å². The van der Waals surface area contributed by atoms with Gasteiger partial charge in [0.15, 0.2) is 0 Å². The van der Waals surface area contributed by atoms with Crippen molar-refractivity contribution >= 4 is 23.2 Å². The van der Waals surface area contributed by atoms with Gasteiger partial charge in [0.2, 0.25) is 0 Å². The fraction of sp³-hybridized carbons (Fsp3) is 0.407. The van der Waals surface area contributed by atoms with Crippen LogP contribution in [0.5, 0.6) is 0 Å². The van der Waals surface area contributed by atoms with Crippen molar-refractivity contribution < 1.29 is 9.18 Å². The number of hydrogen-bond acceptors (Lipinski definition) is 4. The summed E-state index contributed by atoms with van der Waals surface area (Å²) in [4.78, 5) is 14.8. The third kappa shape index (κ3) is 7.55. The number of aryl methyl sites for hydroxylation is 1. The molecular weight excluding hydrogens is 443 g/mol. The van der Waals surface area contributed by atoms with Gasteiger partial charge in [-0.25, -0.2) is 13.9 Å². The standard InChI is InChI=1S/C27H35FN6O/c1-2-34-26(14-16-30-34)31-24-10-12-25(13-11-24)32-27(35)29-15-4-18-33-17-3-5-22(20-33)19-21-6-8-23(28)9-7-21/h6-14,16,22,31H,2-5,15,17-20H2,1H3,(H2,29,32,35)/t22-/m0/s1. The average Bonchev–Trinajstić information content (AvgIpc) is 3.32. The monoisotopic (exact) mass is 478 g/mol. The predicted octanol–water partition coefficient (Wildman–Crippen LogP) is 5.25. The van der Waals surface area contributed by atoms with Crippen molar-refractivity contribution in [3.8, 4) is 0 Å². The number of nitrogens with one attached hydrogen (secondary N) is 3. The molecule has 1 aliphatic heterocycles. The van der Waals surface area contributed by atoms with Crippen LogP contribution >= 0.6 is 0 Å². The van der Waals surface area contributed by atoms with E-state index in [9.17, 15) is 9.18 Å². The van der Waals surface area contributed by atoms with Gasteiger partial charge in [0.05, 0.1) is 6.20 Å². The summed E-state index contributed by atoms with van der Waals surface area (Å²) in [6, 6.07) is 16.2. The zero-order chi connectivity index (χ0) is 24.5. The Hall–Kier alpha value is -3.39. The number of carbonyl (C=O) groups is 1. The lowest BCUT2D eigenvalue weighted by atomic mass is 9.91. The van der Waals surface area contributed by atoms with E-state index in [4.69, 9.17) is 0 Å². The molecular formula is C27H35FN6O. The van der Waals surface area contributed by atoms with Gasteiger partial charge in [-0.15, -0.1) is 0 Å². The molecule has 8 heteroatoms. The number of anilines is 3. The molecule has 0 unspecified atom stereocenters. The largest absolute Gasteiger partial charge is 0.340 e. The molecule has 2 amide bonds. The molecule has 2 aromatic carbocycles. The second-order valence-corrected chi connectivity index (χ2v) is 9.11. The summed E-state index contributed by atoms with van der Waals surface area (Å²) in [5.41, 5.74) is 2.88. The lowest BCUT2D eigenvalue weighted by Crippen LogP contribution is -2.38. The maximum atomic E-state index is 13.1. The number of likely N-dealkylation sites (tertiary alicyclic amines) is 1. The molecule has 4 rings (SSSR count). The van der Waals surface area contributed by atoms with Gasteiger partial charge < -0.3 is 20.9 Å². The van der Waals surface area contributed by atoms with E-state index in [2.05, 4.69) is 25.9 Å². The molecule has 1 saturated heterocycles. The normalized spacial score (nSPS) is 16.1. The van der Waals surface area contributed by atoms with E-state index in [0.717, 1.165) is 56.2 Å². The van der Waals surface area contributed by atoms with E-state index >= 15 is 0 Å². The summed E-state index contributed by atoms with van der Waals surface area (Å²) in [5.74, 6) is 1.35. The molecule has 2 heterocycles. The number of benzene rings is 2. The van der Waals surface area contributed by atoms with Crippen LogP contribution in [-0.4, -0.2) is 46.9 Å². The van der Waals surface area contributed by atoms with Crippen LogP contribution in [0.1, 0.15) is 31.7 Å². The average molecular weight is 479 g/mol. The first-order valence-corrected chi connectivity index (χ1v) is 12.5. The molecule has 0 aliphatic carbocycles. The van der Waals surface area contributed by atoms with Crippen LogP contribution in [-0.2, 0) is 13.0 Å². The number of rotatable bonds is 10. The molecule has 3 aromatic rings. The number of halogens is 1. The highest BCUT2D eigenvalue weighted by Gasteiger charge is 2.19. The molecule has 0 saturated carbocycles. The van der Waals surface area contributed by atoms with Gasteiger partial charge in [0, 0.05) is 37.1 Å². The first-order valence-electron chi connectivity index (χ1n) is 12.5. The molecule has 3 N–H and O–H groups in total. The molecule has 0 radical (unpaired) electrons. The first-order chi connectivity index (χ1) is 17.1. The van der Waals surface area contributed by atoms with E-state index in [0.29, 0.717) is 12.5 Å². The molecule has 0 bridgehead atoms. The molecule has 1 fully saturated rings. The number of hydrogen-bond donors (Lipinski definition) is 3. The fourth-order valence-electron chi connectivity index (χ4n) is 4.63. The van der Waals surface area contributed by atoms with Crippen molar-refractivity contribution in [2.75, 3.05) is 36.8 Å². The Morgan fingerprint density at radius 3 is 2.63 bits per heavy atom. The van der Waals surface area contributed by atoms with Gasteiger partial charge in [0.25, 0.3) is 0 Å². The highest BCUT2D eigenvalue weighted by atomic mass is 19.1. The summed E-state index contributed by atoms with van der Waals surface area (Å²) in [7, 11) is 0. The Morgan fingerprint density at radius 1 is 1.09 bits per heavy atom. The van der Waals surface area contributed by atoms with E-state index in [-0.39, 0.29) is 11.8 Å². The quantitative estimate of drug-likeness (QED) is 0.348. The van der Waals surface area contributed by atoms with Crippen molar-refractivity contribution in [1.29, 1.82) is 0 Å². The predicted molar refractivity (Wildman–Crippen MR) is 139 cm³/mol. The zero-order valence-electron chi connectivity index (χ0n) is 20.3. The summed E-state index contributed by atoms with van der Waals surface area (Å²) >= 11 is 0. The summed E-state index contributed by atoms with van der Waals surface area (Å²) < 4.78 is 15.0. The fourth-order valence-corrected chi connectivity index (χ4v) is 4.63. The van der Waals surface area contributed by atoms with Crippen LogP contribution in [0, 0.1) is 11.7 Å². The maximum absolute atomic E-state index is 13.1. The Morgan fingerprint density at radius 2 is 1.86 bits per heavy atom. The molecule has 0 spiro atoms. The van der Waals surface area contributed by atoms with Crippen LogP contribution in [0.2, 0.25) is 0 Å². The van der Waals surface area contributed by atoms with Crippen LogP contribution in [0.4, 0.5) is 26.4 Å². The molecule has 35 heavy (non-hydrogen) atoms. The van der Waals surface area contributed by atoms with Gasteiger partial charge in [-0.3, -0.25) is 0 Å². The summed E-state index contributed by atoms with van der Waals surface area (Å²) in [6.45, 7) is 6.60. The molecule has 1 aliphatic rings. The Bertz CT molecular complexity index is 1070. The van der Waals surface area contributed by atoms with Crippen molar-refractivity contribution in [3.05, 3.63) is 72.2 Å². The number of aromatic nitrogens is 2. The van der Waals surface area contributed by atoms with Gasteiger partial charge >= 0.3 is 6.03 Å². The highest BCUT2D eigenvalue weighted by Crippen LogP contribution is 2.21. The lowest BCUT2D eigenvalue weighted by molar-refractivity contribution is 0.172. The third-order valence-corrected chi connectivity index (χ3v) is 6.41. The molecule has 1 aromatic heterocycles. The van der Waals surface area contributed by atoms with Crippen molar-refractivity contribution in [1.82, 2.24) is 20.0 Å². The van der Waals surface area contributed by atoms with E-state index in [1.807, 2.05) is 54.1 Å². The topological polar surface area (TPSA) is 74.2 Å². The Balaban J connectivity index is 1.13. The smallest absolute Gasteiger partial charge is 0.319 e. The maximum Gasteiger partial charge on any atom is 0.319 e. The number of amides is 2. The molecule has 1 atom stereocenters. The van der Waals surface area contributed by atoms with Crippen LogP contribution in [0.25, 0.3) is 0 Å². The second kappa shape index (κ2) is 12.4. The van der Waals surface area contributed by atoms with Crippen LogP contribution in [0.15, 0.2) is 60.8 Å². The minimum atomic E-state index is -0.192. The van der Waals surface area contributed by atoms with E-state index in [1.54, 1.807) is 18.3 Å². The highest BCUT2D eigenvalue weighted by molar-refractivity contribution is 5.89. The van der Waals surface area contributed by atoms with Crippen molar-refractivity contribution in [2.45, 2.75) is 39.2 Å². The first kappa shape index (κ1) is 24.7. The van der Waals surface area contributed by atoms with E-state index < -0.39 is 0 Å². The van der Waals surface area contributed by atoms with Gasteiger partial charge in [-0.1, -0.05) is 12.1 Å². The SMILES string of the molecule is CCn1nccc1Nc1ccc(NC(=O)NCCCN2CCC[C@@H](Cc3ccc(F)cc3)C2)cc1. The number of carbonyl (C=O) groups excluding carboxylic acids is 1. The summed E-state index contributed by atoms with van der Waals surface area (Å²) in [6.07, 6.45) is 6.07. The van der Waals surface area contributed by atoms with Crippen molar-refractivity contribution in [2.24, 2.45) is 5.92 Å². The zero-order valence-corrected chi connectivity index (χ0v) is 20.3. The Kier molecular flexibility index (Phi) is 8.73. The third-order valence-electron chi connectivity index (χ3n) is 6.41. The lowest BCUT2D eigenvalue weighted by Gasteiger charge is -2.32. The van der Waals surface area contributed by atoms with Crippen LogP contribution in [0.3, 0.4) is 0 Å². The van der Waals surface area contributed by atoms with Gasteiger partial charge in [0.1, 0.15) is 11.6 Å². The van der Waals surface area contributed by atoms with Gasteiger partial charge in [-0.2, -0.15) is 5.10 Å². The van der Waals surface area contributed by atoms with E-state index in [1.165, 1.54) is 18.4 Å². The van der Waals surface area contributed by atoms with Crippen LogP contribution < -0.4 is 16.0 Å². The van der Waals surface area contributed by atoms with Gasteiger partial charge in [-0.05, 0) is 93.6 Å². The number of piperidine rings is 1. The minimum Gasteiger partial charge on any atom is -0.340 e. The number of urea groups is 1. The molecule has 186 valence electrons. The molecule has 7 nitrogen and oxygen atoms in total.